The minimum absolute atomic E-state index is 0.00355. The molecule has 0 spiro atoms. The lowest BCUT2D eigenvalue weighted by Crippen LogP contribution is -2.31. The van der Waals surface area contributed by atoms with Gasteiger partial charge < -0.3 is 24.6 Å². The summed E-state index contributed by atoms with van der Waals surface area (Å²) in [4.78, 5) is 24.5. The third-order valence-corrected chi connectivity index (χ3v) is 7.10. The normalized spacial score (nSPS) is 20.1. The van der Waals surface area contributed by atoms with Gasteiger partial charge in [0.05, 0.1) is 18.8 Å². The Bertz CT molecular complexity index is 1170. The first-order valence-electron chi connectivity index (χ1n) is 12.2. The number of thioether (sulfide) groups is 1. The molecule has 37 heavy (non-hydrogen) atoms. The molecule has 1 fully saturated rings. The average Bonchev–Trinajstić information content (AvgIpc) is 2.92. The molecular weight excluding hydrogens is 490 g/mol. The van der Waals surface area contributed by atoms with Crippen molar-refractivity contribution in [3.8, 4) is 0 Å². The predicted octanol–water partition coefficient (Wildman–Crippen LogP) is 5.41. The number of hydrogen-bond donors (Lipinski definition) is 2. The summed E-state index contributed by atoms with van der Waals surface area (Å²) in [6.45, 7) is 2.79. The van der Waals surface area contributed by atoms with Gasteiger partial charge in [0.15, 0.2) is 12.4 Å². The molecule has 0 bridgehead atoms. The summed E-state index contributed by atoms with van der Waals surface area (Å²) < 4.78 is 17.7. The molecule has 1 amide bonds. The first kappa shape index (κ1) is 26.9. The summed E-state index contributed by atoms with van der Waals surface area (Å²) in [6.07, 6.45) is -0.977. The Hall–Kier alpha value is -3.17. The Morgan fingerprint density at radius 2 is 1.68 bits per heavy atom. The van der Waals surface area contributed by atoms with E-state index in [9.17, 15) is 14.7 Å². The molecule has 194 valence electrons. The summed E-state index contributed by atoms with van der Waals surface area (Å²) in [5.41, 5.74) is 3.29. The van der Waals surface area contributed by atoms with Crippen LogP contribution in [0.1, 0.15) is 49.4 Å². The molecule has 0 unspecified atom stereocenters. The maximum absolute atomic E-state index is 12.3. The Morgan fingerprint density at radius 1 is 1.00 bits per heavy atom. The zero-order valence-electron chi connectivity index (χ0n) is 20.8. The zero-order chi connectivity index (χ0) is 26.2. The van der Waals surface area contributed by atoms with E-state index in [0.29, 0.717) is 12.1 Å². The van der Waals surface area contributed by atoms with Crippen LogP contribution in [0.2, 0.25) is 0 Å². The first-order chi connectivity index (χ1) is 17.9. The molecule has 7 nitrogen and oxygen atoms in total. The zero-order valence-corrected chi connectivity index (χ0v) is 21.6. The number of amides is 1. The van der Waals surface area contributed by atoms with Gasteiger partial charge in [-0.25, -0.2) is 0 Å². The van der Waals surface area contributed by atoms with Crippen molar-refractivity contribution in [2.45, 2.75) is 56.4 Å². The molecule has 1 heterocycles. The van der Waals surface area contributed by atoms with Crippen LogP contribution in [0, 0.1) is 0 Å². The van der Waals surface area contributed by atoms with Crippen LogP contribution in [-0.4, -0.2) is 34.9 Å². The van der Waals surface area contributed by atoms with Gasteiger partial charge in [0, 0.05) is 35.2 Å². The average molecular weight is 522 g/mol. The third-order valence-electron chi connectivity index (χ3n) is 5.96. The lowest BCUT2D eigenvalue weighted by molar-refractivity contribution is -0.245. The van der Waals surface area contributed by atoms with E-state index < -0.39 is 24.3 Å². The van der Waals surface area contributed by atoms with Crippen LogP contribution in [0.5, 0.6) is 0 Å². The van der Waals surface area contributed by atoms with Crippen molar-refractivity contribution in [2.75, 3.05) is 11.1 Å². The van der Waals surface area contributed by atoms with Gasteiger partial charge in [0.1, 0.15) is 0 Å². The molecule has 0 saturated carbocycles. The van der Waals surface area contributed by atoms with Crippen molar-refractivity contribution in [3.05, 3.63) is 95.6 Å². The van der Waals surface area contributed by atoms with Crippen LogP contribution >= 0.6 is 11.8 Å². The highest BCUT2D eigenvalue weighted by Crippen LogP contribution is 2.39. The Kier molecular flexibility index (Phi) is 9.35. The molecule has 8 heteroatoms. The number of anilines is 1. The summed E-state index contributed by atoms with van der Waals surface area (Å²) >= 11 is 1.75. The lowest BCUT2D eigenvalue weighted by Gasteiger charge is -2.36. The summed E-state index contributed by atoms with van der Waals surface area (Å²) in [6, 6.07) is 25.3. The Balaban J connectivity index is 1.47. The molecular formula is C29H31NO6S. The molecule has 0 aliphatic carbocycles. The number of carbonyl (C=O) groups is 2. The topological polar surface area (TPSA) is 94.1 Å². The van der Waals surface area contributed by atoms with Crippen LogP contribution in [0.4, 0.5) is 5.69 Å². The number of aliphatic hydroxyl groups is 1. The smallest absolute Gasteiger partial charge is 0.303 e. The Labute approximate surface area is 221 Å². The number of esters is 1. The third kappa shape index (κ3) is 7.66. The number of carbonyl (C=O) groups excluding carboxylic acids is 2. The van der Waals surface area contributed by atoms with Crippen molar-refractivity contribution in [3.63, 3.8) is 0 Å². The number of ether oxygens (including phenoxy) is 3. The molecule has 0 radical (unpaired) electrons. The van der Waals surface area contributed by atoms with Crippen molar-refractivity contribution >= 4 is 29.3 Å². The largest absolute Gasteiger partial charge is 0.453 e. The highest BCUT2D eigenvalue weighted by atomic mass is 32.2. The highest BCUT2D eigenvalue weighted by Gasteiger charge is 2.32. The van der Waals surface area contributed by atoms with Gasteiger partial charge in [-0.1, -0.05) is 54.6 Å². The number of nitrogens with one attached hydrogen (secondary N) is 1. The van der Waals surface area contributed by atoms with Gasteiger partial charge >= 0.3 is 5.97 Å². The fourth-order valence-corrected chi connectivity index (χ4v) is 4.94. The van der Waals surface area contributed by atoms with Gasteiger partial charge in [0.25, 0.3) is 5.91 Å². The SMILES string of the molecule is CC(=O)O[C@@H](C)C(=O)Nc1ccc([C@H]2O[C@@H](CSc3ccccc3)C[C@@H](c3ccc(CO)cc3)O2)cc1. The molecule has 0 aromatic heterocycles. The quantitative estimate of drug-likeness (QED) is 0.287. The molecule has 3 aromatic carbocycles. The molecule has 1 aliphatic rings. The van der Waals surface area contributed by atoms with Crippen molar-refractivity contribution in [2.24, 2.45) is 0 Å². The molecule has 2 N–H and O–H groups in total. The van der Waals surface area contributed by atoms with E-state index in [1.165, 1.54) is 18.7 Å². The second-order valence-electron chi connectivity index (χ2n) is 8.84. The number of benzene rings is 3. The van der Waals surface area contributed by atoms with Crippen molar-refractivity contribution < 1.29 is 28.9 Å². The van der Waals surface area contributed by atoms with Crippen LogP contribution < -0.4 is 5.32 Å². The number of aliphatic hydroxyl groups excluding tert-OH is 1. The van der Waals surface area contributed by atoms with Gasteiger partial charge in [-0.05, 0) is 42.3 Å². The summed E-state index contributed by atoms with van der Waals surface area (Å²) in [5, 5.41) is 12.1. The van der Waals surface area contributed by atoms with E-state index in [0.717, 1.165) is 22.4 Å². The number of hydrogen-bond acceptors (Lipinski definition) is 7. The van der Waals surface area contributed by atoms with Gasteiger partial charge in [0.2, 0.25) is 0 Å². The fourth-order valence-electron chi connectivity index (χ4n) is 4.00. The summed E-state index contributed by atoms with van der Waals surface area (Å²) in [5.74, 6) is -0.139. The predicted molar refractivity (Wildman–Crippen MR) is 142 cm³/mol. The van der Waals surface area contributed by atoms with Crippen molar-refractivity contribution in [1.82, 2.24) is 0 Å². The number of rotatable bonds is 9. The van der Waals surface area contributed by atoms with E-state index in [1.807, 2.05) is 54.6 Å². The monoisotopic (exact) mass is 521 g/mol. The van der Waals surface area contributed by atoms with E-state index in [4.69, 9.17) is 14.2 Å². The van der Waals surface area contributed by atoms with Crippen LogP contribution in [0.15, 0.2) is 83.8 Å². The molecule has 3 aromatic rings. The minimum Gasteiger partial charge on any atom is -0.453 e. The van der Waals surface area contributed by atoms with Gasteiger partial charge in [-0.3, -0.25) is 9.59 Å². The molecule has 4 atom stereocenters. The van der Waals surface area contributed by atoms with E-state index in [1.54, 1.807) is 23.9 Å². The van der Waals surface area contributed by atoms with Crippen molar-refractivity contribution in [1.29, 1.82) is 0 Å². The maximum atomic E-state index is 12.3. The first-order valence-corrected chi connectivity index (χ1v) is 13.2. The van der Waals surface area contributed by atoms with Gasteiger partial charge in [-0.2, -0.15) is 0 Å². The van der Waals surface area contributed by atoms with Gasteiger partial charge in [-0.15, -0.1) is 11.8 Å². The standard InChI is InChI=1S/C29H31NO6S/c1-19(34-20(2)32)28(33)30-24-14-12-23(13-15-24)29-35-25(18-37-26-6-4-3-5-7-26)16-27(36-29)22-10-8-21(17-31)9-11-22/h3-15,19,25,27,29,31H,16-18H2,1-2H3,(H,30,33)/t19-,25+,27-,29-/m0/s1. The maximum Gasteiger partial charge on any atom is 0.303 e. The molecule has 4 rings (SSSR count). The fraction of sp³-hybridized carbons (Fsp3) is 0.310. The van der Waals surface area contributed by atoms with E-state index in [-0.39, 0.29) is 18.8 Å². The van der Waals surface area contributed by atoms with Crippen LogP contribution in [0.25, 0.3) is 0 Å². The molecule has 1 aliphatic heterocycles. The van der Waals surface area contributed by atoms with Crippen LogP contribution in [-0.2, 0) is 30.4 Å². The minimum atomic E-state index is -0.886. The highest BCUT2D eigenvalue weighted by molar-refractivity contribution is 7.99. The van der Waals surface area contributed by atoms with Crippen LogP contribution in [0.3, 0.4) is 0 Å². The van der Waals surface area contributed by atoms with E-state index in [2.05, 4.69) is 17.4 Å². The second-order valence-corrected chi connectivity index (χ2v) is 9.93. The molecule has 1 saturated heterocycles. The Morgan fingerprint density at radius 3 is 2.32 bits per heavy atom. The lowest BCUT2D eigenvalue weighted by atomic mass is 10.0. The summed E-state index contributed by atoms with van der Waals surface area (Å²) in [7, 11) is 0. The second kappa shape index (κ2) is 12.9. The van der Waals surface area contributed by atoms with E-state index >= 15 is 0 Å².